The molecule has 0 aromatic heterocycles. The van der Waals surface area contributed by atoms with Gasteiger partial charge in [0.1, 0.15) is 5.41 Å². The average molecular weight is 295 g/mol. The number of ether oxygens (including phenoxy) is 2. The lowest BCUT2D eigenvalue weighted by atomic mass is 9.52. The largest absolute Gasteiger partial charge is 0.367 e. The molecule has 0 aromatic carbocycles. The summed E-state index contributed by atoms with van der Waals surface area (Å²) >= 11 is 0. The van der Waals surface area contributed by atoms with Crippen molar-refractivity contribution in [2.45, 2.75) is 71.2 Å². The van der Waals surface area contributed by atoms with Gasteiger partial charge in [0.05, 0.1) is 18.3 Å². The lowest BCUT2D eigenvalue weighted by molar-refractivity contribution is -0.276. The van der Waals surface area contributed by atoms with Crippen molar-refractivity contribution < 1.29 is 19.7 Å². The molecule has 0 aromatic rings. The number of nitrogens with zero attached hydrogens (tertiary/aromatic N) is 1. The van der Waals surface area contributed by atoms with Crippen LogP contribution in [-0.4, -0.2) is 35.0 Å². The van der Waals surface area contributed by atoms with E-state index in [0.717, 1.165) is 19.3 Å². The molecule has 0 amide bonds. The zero-order chi connectivity index (χ0) is 15.4. The number of aliphatic hydroxyl groups is 2. The average Bonchev–Trinajstić information content (AvgIpc) is 2.77. The van der Waals surface area contributed by atoms with Gasteiger partial charge in [-0.25, -0.2) is 0 Å². The lowest BCUT2D eigenvalue weighted by Crippen LogP contribution is -2.62. The first-order chi connectivity index (χ1) is 9.87. The van der Waals surface area contributed by atoms with Gasteiger partial charge in [-0.05, 0) is 25.2 Å². The Balaban J connectivity index is 1.76. The molecule has 1 aliphatic heterocycles. The first-order valence-corrected chi connectivity index (χ1v) is 7.95. The molecule has 118 valence electrons. The van der Waals surface area contributed by atoms with Gasteiger partial charge in [0.15, 0.2) is 12.6 Å². The molecular weight excluding hydrogens is 270 g/mol. The van der Waals surface area contributed by atoms with Crippen LogP contribution < -0.4 is 0 Å². The van der Waals surface area contributed by atoms with Crippen LogP contribution in [0.3, 0.4) is 0 Å². The van der Waals surface area contributed by atoms with E-state index in [0.29, 0.717) is 6.42 Å². The molecule has 3 fully saturated rings. The van der Waals surface area contributed by atoms with Crippen molar-refractivity contribution in [1.29, 1.82) is 5.26 Å². The van der Waals surface area contributed by atoms with Gasteiger partial charge < -0.3 is 19.7 Å². The summed E-state index contributed by atoms with van der Waals surface area (Å²) in [6.07, 6.45) is 1.04. The highest BCUT2D eigenvalue weighted by molar-refractivity contribution is 5.22. The summed E-state index contributed by atoms with van der Waals surface area (Å²) in [7, 11) is 0. The Hall–Kier alpha value is -0.670. The maximum atomic E-state index is 10.3. The molecule has 2 N–H and O–H groups in total. The monoisotopic (exact) mass is 295 g/mol. The molecule has 2 aliphatic carbocycles. The van der Waals surface area contributed by atoms with Crippen LogP contribution in [-0.2, 0) is 9.47 Å². The molecule has 2 saturated carbocycles. The second-order valence-electron chi connectivity index (χ2n) is 7.48. The van der Waals surface area contributed by atoms with Crippen LogP contribution in [0.2, 0.25) is 0 Å². The summed E-state index contributed by atoms with van der Waals surface area (Å²) in [4.78, 5) is 0. The van der Waals surface area contributed by atoms with E-state index < -0.39 is 18.0 Å². The minimum absolute atomic E-state index is 0.0492. The molecule has 21 heavy (non-hydrogen) atoms. The SMILES string of the molecule is CCC(C)(C)C(O)OC1C2OC(O)C3(C#N)CCC[C@H]1C23. The van der Waals surface area contributed by atoms with Crippen LogP contribution in [0.1, 0.15) is 46.5 Å². The fourth-order valence-corrected chi connectivity index (χ4v) is 4.16. The predicted octanol–water partition coefficient (Wildman–Crippen LogP) is 1.78. The number of rotatable bonds is 4. The van der Waals surface area contributed by atoms with Gasteiger partial charge in [-0.2, -0.15) is 5.26 Å². The van der Waals surface area contributed by atoms with Gasteiger partial charge in [-0.1, -0.05) is 27.2 Å². The molecule has 0 spiro atoms. The van der Waals surface area contributed by atoms with Crippen molar-refractivity contribution in [2.24, 2.45) is 22.7 Å². The predicted molar refractivity (Wildman–Crippen MR) is 74.7 cm³/mol. The zero-order valence-corrected chi connectivity index (χ0v) is 13.0. The molecule has 7 atom stereocenters. The molecule has 3 rings (SSSR count). The van der Waals surface area contributed by atoms with E-state index in [2.05, 4.69) is 6.07 Å². The molecule has 6 unspecified atom stereocenters. The van der Waals surface area contributed by atoms with Crippen LogP contribution in [0.25, 0.3) is 0 Å². The van der Waals surface area contributed by atoms with E-state index in [1.165, 1.54) is 0 Å². The highest BCUT2D eigenvalue weighted by Crippen LogP contribution is 2.63. The maximum absolute atomic E-state index is 10.3. The third-order valence-electron chi connectivity index (χ3n) is 6.08. The molecule has 5 heteroatoms. The number of hydrogen-bond donors (Lipinski definition) is 2. The van der Waals surface area contributed by atoms with Crippen LogP contribution in [0, 0.1) is 34.0 Å². The summed E-state index contributed by atoms with van der Waals surface area (Å²) < 4.78 is 11.5. The van der Waals surface area contributed by atoms with Crippen LogP contribution in [0.15, 0.2) is 0 Å². The molecular formula is C16H25NO4. The summed E-state index contributed by atoms with van der Waals surface area (Å²) in [5.74, 6) is 0.260. The molecule has 1 heterocycles. The minimum Gasteiger partial charge on any atom is -0.367 e. The van der Waals surface area contributed by atoms with E-state index >= 15 is 0 Å². The smallest absolute Gasteiger partial charge is 0.174 e. The number of nitriles is 1. The van der Waals surface area contributed by atoms with Gasteiger partial charge in [-0.3, -0.25) is 0 Å². The van der Waals surface area contributed by atoms with Gasteiger partial charge >= 0.3 is 0 Å². The van der Waals surface area contributed by atoms with Gasteiger partial charge in [0.25, 0.3) is 0 Å². The third-order valence-corrected chi connectivity index (χ3v) is 6.08. The highest BCUT2D eigenvalue weighted by Gasteiger charge is 2.71. The minimum atomic E-state index is -1.02. The van der Waals surface area contributed by atoms with Crippen molar-refractivity contribution in [2.75, 3.05) is 0 Å². The zero-order valence-electron chi connectivity index (χ0n) is 13.0. The normalized spacial score (nSPS) is 46.4. The summed E-state index contributed by atoms with van der Waals surface area (Å²) in [5, 5.41) is 30.0. The van der Waals surface area contributed by atoms with Crippen LogP contribution in [0.4, 0.5) is 0 Å². The third kappa shape index (κ3) is 1.97. The fourth-order valence-electron chi connectivity index (χ4n) is 4.16. The van der Waals surface area contributed by atoms with Gasteiger partial charge in [0.2, 0.25) is 0 Å². The number of hydrogen-bond acceptors (Lipinski definition) is 5. The molecule has 3 aliphatic rings. The Morgan fingerprint density at radius 2 is 2.24 bits per heavy atom. The maximum Gasteiger partial charge on any atom is 0.174 e. The molecule has 1 saturated heterocycles. The molecule has 0 radical (unpaired) electrons. The van der Waals surface area contributed by atoms with Gasteiger partial charge in [0, 0.05) is 11.3 Å². The second-order valence-corrected chi connectivity index (χ2v) is 7.48. The van der Waals surface area contributed by atoms with Crippen molar-refractivity contribution in [1.82, 2.24) is 0 Å². The van der Waals surface area contributed by atoms with E-state index in [9.17, 15) is 15.5 Å². The van der Waals surface area contributed by atoms with E-state index in [1.807, 2.05) is 20.8 Å². The van der Waals surface area contributed by atoms with Crippen molar-refractivity contribution in [3.63, 3.8) is 0 Å². The summed E-state index contributed by atoms with van der Waals surface area (Å²) in [6, 6.07) is 2.31. The topological polar surface area (TPSA) is 82.7 Å². The van der Waals surface area contributed by atoms with Crippen molar-refractivity contribution >= 4 is 0 Å². The van der Waals surface area contributed by atoms with Crippen molar-refractivity contribution in [3.05, 3.63) is 0 Å². The molecule has 0 bridgehead atoms. The quantitative estimate of drug-likeness (QED) is 0.773. The van der Waals surface area contributed by atoms with E-state index in [1.54, 1.807) is 0 Å². The first kappa shape index (κ1) is 15.2. The lowest BCUT2D eigenvalue weighted by Gasteiger charge is -2.54. The Labute approximate surface area is 125 Å². The van der Waals surface area contributed by atoms with Crippen LogP contribution >= 0.6 is 0 Å². The van der Waals surface area contributed by atoms with Crippen molar-refractivity contribution in [3.8, 4) is 6.07 Å². The Bertz CT molecular complexity index is 454. The van der Waals surface area contributed by atoms with E-state index in [-0.39, 0.29) is 29.5 Å². The summed E-state index contributed by atoms with van der Waals surface area (Å²) in [6.45, 7) is 5.96. The van der Waals surface area contributed by atoms with E-state index in [4.69, 9.17) is 9.47 Å². The molecule has 5 nitrogen and oxygen atoms in total. The summed E-state index contributed by atoms with van der Waals surface area (Å²) in [5.41, 5.74) is -1.08. The Morgan fingerprint density at radius 1 is 1.52 bits per heavy atom. The first-order valence-electron chi connectivity index (χ1n) is 7.95. The van der Waals surface area contributed by atoms with Gasteiger partial charge in [-0.15, -0.1) is 0 Å². The number of aliphatic hydroxyl groups excluding tert-OH is 2. The Kier molecular flexibility index (Phi) is 3.57. The second kappa shape index (κ2) is 4.92. The fraction of sp³-hybridized carbons (Fsp3) is 0.938. The highest BCUT2D eigenvalue weighted by atomic mass is 16.7. The Morgan fingerprint density at radius 3 is 2.86 bits per heavy atom. The standard InChI is InChI=1S/C16H25NO4/c1-4-15(2,3)13(18)20-11-9-6-5-7-16(8-17)10(9)12(11)21-14(16)19/h9-14,18-19H,4-7H2,1-3H3/t9-,10?,11?,12?,13?,14?,16?/m0/s1. The van der Waals surface area contributed by atoms with Crippen LogP contribution in [0.5, 0.6) is 0 Å².